The molecule has 2 rings (SSSR count). The standard InChI is InChI=1S/C19H17ClN2O3/c1-2-3-19(24)22-15-7-5-14(6-8-15)17(23)12-25-18-9-4-13(11-21)10-16(18)20/h4-10H,2-3,12H2,1H3,(H,22,24). The van der Waals surface area contributed by atoms with Crippen molar-refractivity contribution in [3.05, 3.63) is 58.6 Å². The van der Waals surface area contributed by atoms with Crippen LogP contribution in [0, 0.1) is 11.3 Å². The van der Waals surface area contributed by atoms with E-state index < -0.39 is 0 Å². The molecule has 2 aromatic rings. The summed E-state index contributed by atoms with van der Waals surface area (Å²) >= 11 is 6.00. The Kier molecular flexibility index (Phi) is 6.55. The SMILES string of the molecule is CCCC(=O)Nc1ccc(C(=O)COc2ccc(C#N)cc2Cl)cc1. The minimum atomic E-state index is -0.216. The highest BCUT2D eigenvalue weighted by atomic mass is 35.5. The number of Topliss-reactive ketones (excluding diaryl/α,β-unsaturated/α-hetero) is 1. The van der Waals surface area contributed by atoms with E-state index in [2.05, 4.69) is 5.32 Å². The van der Waals surface area contributed by atoms with Crippen LogP contribution in [0.5, 0.6) is 5.75 Å². The van der Waals surface area contributed by atoms with Gasteiger partial charge in [-0.25, -0.2) is 0 Å². The molecule has 0 bridgehead atoms. The molecule has 1 N–H and O–H groups in total. The number of carbonyl (C=O) groups excluding carboxylic acids is 2. The summed E-state index contributed by atoms with van der Waals surface area (Å²) in [6, 6.07) is 13.2. The van der Waals surface area contributed by atoms with Crippen molar-refractivity contribution in [2.75, 3.05) is 11.9 Å². The first kappa shape index (κ1) is 18.5. The number of benzene rings is 2. The number of ether oxygens (including phenoxy) is 1. The van der Waals surface area contributed by atoms with Crippen LogP contribution in [0.2, 0.25) is 5.02 Å². The second kappa shape index (κ2) is 8.86. The van der Waals surface area contributed by atoms with E-state index in [9.17, 15) is 9.59 Å². The molecule has 0 aromatic heterocycles. The molecule has 0 aliphatic heterocycles. The first-order valence-corrected chi connectivity index (χ1v) is 8.17. The first-order chi connectivity index (χ1) is 12.0. The Morgan fingerprint density at radius 3 is 2.52 bits per heavy atom. The molecule has 0 heterocycles. The van der Waals surface area contributed by atoms with Crippen LogP contribution in [-0.2, 0) is 4.79 Å². The fourth-order valence-electron chi connectivity index (χ4n) is 2.10. The summed E-state index contributed by atoms with van der Waals surface area (Å²) in [5.41, 5.74) is 1.54. The Morgan fingerprint density at radius 1 is 1.20 bits per heavy atom. The fraction of sp³-hybridized carbons (Fsp3) is 0.211. The predicted molar refractivity (Wildman–Crippen MR) is 96.0 cm³/mol. The summed E-state index contributed by atoms with van der Waals surface area (Å²) in [6.07, 6.45) is 1.23. The quantitative estimate of drug-likeness (QED) is 0.753. The average Bonchev–Trinajstić information content (AvgIpc) is 2.61. The topological polar surface area (TPSA) is 79.2 Å². The Labute approximate surface area is 151 Å². The minimum absolute atomic E-state index is 0.0552. The van der Waals surface area contributed by atoms with Crippen molar-refractivity contribution in [1.82, 2.24) is 0 Å². The number of nitrogens with zero attached hydrogens (tertiary/aromatic N) is 1. The molecular weight excluding hydrogens is 340 g/mol. The van der Waals surface area contributed by atoms with Crippen molar-refractivity contribution in [3.63, 3.8) is 0 Å². The minimum Gasteiger partial charge on any atom is -0.484 e. The van der Waals surface area contributed by atoms with E-state index in [1.54, 1.807) is 36.4 Å². The molecule has 0 spiro atoms. The lowest BCUT2D eigenvalue weighted by atomic mass is 10.1. The lowest BCUT2D eigenvalue weighted by molar-refractivity contribution is -0.116. The molecule has 2 aromatic carbocycles. The number of hydrogen-bond acceptors (Lipinski definition) is 4. The van der Waals surface area contributed by atoms with E-state index in [1.807, 2.05) is 13.0 Å². The average molecular weight is 357 g/mol. The molecule has 1 amide bonds. The van der Waals surface area contributed by atoms with Crippen LogP contribution >= 0.6 is 11.6 Å². The van der Waals surface area contributed by atoms with Gasteiger partial charge in [-0.3, -0.25) is 9.59 Å². The van der Waals surface area contributed by atoms with Crippen molar-refractivity contribution >= 4 is 29.0 Å². The van der Waals surface area contributed by atoms with E-state index in [4.69, 9.17) is 21.6 Å². The van der Waals surface area contributed by atoms with Crippen LogP contribution in [0.1, 0.15) is 35.7 Å². The summed E-state index contributed by atoms with van der Waals surface area (Å²) in [7, 11) is 0. The van der Waals surface area contributed by atoms with E-state index in [1.165, 1.54) is 6.07 Å². The molecule has 5 nitrogen and oxygen atoms in total. The van der Waals surface area contributed by atoms with Crippen LogP contribution in [0.15, 0.2) is 42.5 Å². The number of carbonyl (C=O) groups is 2. The van der Waals surface area contributed by atoms with Crippen LogP contribution < -0.4 is 10.1 Å². The van der Waals surface area contributed by atoms with Gasteiger partial charge in [0.2, 0.25) is 5.91 Å². The summed E-state index contributed by atoms with van der Waals surface area (Å²) < 4.78 is 5.42. The van der Waals surface area contributed by atoms with E-state index in [-0.39, 0.29) is 23.3 Å². The zero-order valence-electron chi connectivity index (χ0n) is 13.7. The maximum absolute atomic E-state index is 12.2. The smallest absolute Gasteiger partial charge is 0.224 e. The van der Waals surface area contributed by atoms with E-state index in [0.29, 0.717) is 29.0 Å². The molecule has 0 aliphatic carbocycles. The lowest BCUT2D eigenvalue weighted by Gasteiger charge is -2.08. The Hall–Kier alpha value is -2.84. The van der Waals surface area contributed by atoms with E-state index in [0.717, 1.165) is 6.42 Å². The Balaban J connectivity index is 1.95. The van der Waals surface area contributed by atoms with Gasteiger partial charge in [0.1, 0.15) is 5.75 Å². The zero-order chi connectivity index (χ0) is 18.2. The lowest BCUT2D eigenvalue weighted by Crippen LogP contribution is -2.13. The predicted octanol–water partition coefficient (Wildman–Crippen LogP) is 4.21. The molecule has 0 atom stereocenters. The summed E-state index contributed by atoms with van der Waals surface area (Å²) in [6.45, 7) is 1.76. The molecule has 25 heavy (non-hydrogen) atoms. The number of anilines is 1. The number of halogens is 1. The second-order valence-electron chi connectivity index (χ2n) is 5.34. The molecule has 6 heteroatoms. The maximum atomic E-state index is 12.2. The number of nitriles is 1. The van der Waals surface area contributed by atoms with Crippen molar-refractivity contribution in [2.24, 2.45) is 0 Å². The van der Waals surface area contributed by atoms with Gasteiger partial charge in [0.05, 0.1) is 16.7 Å². The van der Waals surface area contributed by atoms with Crippen LogP contribution in [0.4, 0.5) is 5.69 Å². The summed E-state index contributed by atoms with van der Waals surface area (Å²) in [5, 5.41) is 11.8. The van der Waals surface area contributed by atoms with Crippen molar-refractivity contribution in [2.45, 2.75) is 19.8 Å². The third kappa shape index (κ3) is 5.33. The first-order valence-electron chi connectivity index (χ1n) is 7.79. The van der Waals surface area contributed by atoms with Gasteiger partial charge in [-0.15, -0.1) is 0 Å². The highest BCUT2D eigenvalue weighted by molar-refractivity contribution is 6.32. The van der Waals surface area contributed by atoms with Crippen molar-refractivity contribution in [3.8, 4) is 11.8 Å². The molecular formula is C19H17ClN2O3. The number of ketones is 1. The number of nitrogens with one attached hydrogen (secondary N) is 1. The highest BCUT2D eigenvalue weighted by Gasteiger charge is 2.10. The van der Waals surface area contributed by atoms with Crippen molar-refractivity contribution < 1.29 is 14.3 Å². The molecule has 0 unspecified atom stereocenters. The molecule has 0 aliphatic rings. The number of hydrogen-bond donors (Lipinski definition) is 1. The van der Waals surface area contributed by atoms with Gasteiger partial charge in [-0.05, 0) is 48.9 Å². The summed E-state index contributed by atoms with van der Waals surface area (Å²) in [4.78, 5) is 23.7. The van der Waals surface area contributed by atoms with Crippen molar-refractivity contribution in [1.29, 1.82) is 5.26 Å². The van der Waals surface area contributed by atoms with Gasteiger partial charge in [0.15, 0.2) is 12.4 Å². The third-order valence-electron chi connectivity index (χ3n) is 3.39. The van der Waals surface area contributed by atoms with Gasteiger partial charge in [-0.1, -0.05) is 18.5 Å². The van der Waals surface area contributed by atoms with Gasteiger partial charge >= 0.3 is 0 Å². The molecule has 128 valence electrons. The van der Waals surface area contributed by atoms with Gasteiger partial charge in [-0.2, -0.15) is 5.26 Å². The Morgan fingerprint density at radius 2 is 1.92 bits per heavy atom. The molecule has 0 saturated carbocycles. The number of amides is 1. The molecule has 0 fully saturated rings. The zero-order valence-corrected chi connectivity index (χ0v) is 14.5. The Bertz CT molecular complexity index is 810. The van der Waals surface area contributed by atoms with Gasteiger partial charge < -0.3 is 10.1 Å². The van der Waals surface area contributed by atoms with E-state index >= 15 is 0 Å². The fourth-order valence-corrected chi connectivity index (χ4v) is 2.34. The molecule has 0 radical (unpaired) electrons. The third-order valence-corrected chi connectivity index (χ3v) is 3.68. The number of rotatable bonds is 7. The van der Waals surface area contributed by atoms with Gasteiger partial charge in [0, 0.05) is 17.7 Å². The molecule has 0 saturated heterocycles. The van der Waals surface area contributed by atoms with Crippen LogP contribution in [0.25, 0.3) is 0 Å². The van der Waals surface area contributed by atoms with Crippen LogP contribution in [0.3, 0.4) is 0 Å². The monoisotopic (exact) mass is 356 g/mol. The van der Waals surface area contributed by atoms with Crippen LogP contribution in [-0.4, -0.2) is 18.3 Å². The second-order valence-corrected chi connectivity index (χ2v) is 5.75. The largest absolute Gasteiger partial charge is 0.484 e. The highest BCUT2D eigenvalue weighted by Crippen LogP contribution is 2.25. The summed E-state index contributed by atoms with van der Waals surface area (Å²) in [5.74, 6) is 0.0738. The van der Waals surface area contributed by atoms with Gasteiger partial charge in [0.25, 0.3) is 0 Å². The normalized spacial score (nSPS) is 9.96. The maximum Gasteiger partial charge on any atom is 0.224 e.